The van der Waals surface area contributed by atoms with E-state index >= 15 is 0 Å². The van der Waals surface area contributed by atoms with Crippen LogP contribution in [0.1, 0.15) is 16.7 Å². The van der Waals surface area contributed by atoms with E-state index in [4.69, 9.17) is 11.6 Å². The first-order valence-electron chi connectivity index (χ1n) is 3.53. The van der Waals surface area contributed by atoms with Crippen LogP contribution in [0, 0.1) is 11.8 Å². The molecule has 0 saturated heterocycles. The third kappa shape index (κ3) is 3.05. The zero-order chi connectivity index (χ0) is 9.68. The number of nitrogens with zero attached hydrogens (tertiary/aromatic N) is 1. The van der Waals surface area contributed by atoms with Crippen molar-refractivity contribution in [2.75, 3.05) is 6.54 Å². The number of rotatable bonds is 2. The van der Waals surface area contributed by atoms with E-state index in [-0.39, 0.29) is 5.91 Å². The molecule has 0 atom stereocenters. The SMILES string of the molecule is CC#CCNC(=O)c1ncc(Cl)s1. The van der Waals surface area contributed by atoms with Gasteiger partial charge in [-0.1, -0.05) is 28.9 Å². The van der Waals surface area contributed by atoms with Gasteiger partial charge >= 0.3 is 0 Å². The molecule has 1 aromatic heterocycles. The number of thiazole rings is 1. The first kappa shape index (κ1) is 10.0. The maximum Gasteiger partial charge on any atom is 0.281 e. The van der Waals surface area contributed by atoms with Crippen molar-refractivity contribution in [3.05, 3.63) is 15.5 Å². The van der Waals surface area contributed by atoms with Gasteiger partial charge in [0.25, 0.3) is 5.91 Å². The average Bonchev–Trinajstić information content (AvgIpc) is 2.52. The molecule has 3 nitrogen and oxygen atoms in total. The summed E-state index contributed by atoms with van der Waals surface area (Å²) in [7, 11) is 0. The Bertz CT molecular complexity index is 364. The lowest BCUT2D eigenvalue weighted by atomic mass is 10.5. The van der Waals surface area contributed by atoms with Gasteiger partial charge in [0.2, 0.25) is 0 Å². The Kier molecular flexibility index (Phi) is 3.74. The first-order valence-corrected chi connectivity index (χ1v) is 4.72. The van der Waals surface area contributed by atoms with Crippen molar-refractivity contribution in [3.63, 3.8) is 0 Å². The molecule has 0 fully saturated rings. The minimum absolute atomic E-state index is 0.236. The number of aromatic nitrogens is 1. The van der Waals surface area contributed by atoms with Crippen molar-refractivity contribution in [2.24, 2.45) is 0 Å². The molecular weight excluding hydrogens is 208 g/mol. The summed E-state index contributed by atoms with van der Waals surface area (Å²) in [6.07, 6.45) is 1.45. The Balaban J connectivity index is 2.52. The Labute approximate surface area is 85.1 Å². The van der Waals surface area contributed by atoms with Gasteiger partial charge in [-0.15, -0.1) is 5.92 Å². The fourth-order valence-electron chi connectivity index (χ4n) is 0.648. The summed E-state index contributed by atoms with van der Waals surface area (Å²) in [4.78, 5) is 15.1. The van der Waals surface area contributed by atoms with Crippen molar-refractivity contribution < 1.29 is 4.79 Å². The topological polar surface area (TPSA) is 42.0 Å². The summed E-state index contributed by atoms with van der Waals surface area (Å²) in [6.45, 7) is 2.05. The van der Waals surface area contributed by atoms with Crippen LogP contribution in [0.3, 0.4) is 0 Å². The van der Waals surface area contributed by atoms with E-state index in [0.717, 1.165) is 11.3 Å². The summed E-state index contributed by atoms with van der Waals surface area (Å²) in [6, 6.07) is 0. The molecule has 5 heteroatoms. The highest BCUT2D eigenvalue weighted by molar-refractivity contribution is 7.17. The minimum atomic E-state index is -0.236. The van der Waals surface area contributed by atoms with Gasteiger partial charge < -0.3 is 5.32 Å². The molecule has 0 spiro atoms. The molecule has 0 bridgehead atoms. The number of amides is 1. The van der Waals surface area contributed by atoms with Crippen LogP contribution in [0.5, 0.6) is 0 Å². The Morgan fingerprint density at radius 2 is 2.62 bits per heavy atom. The summed E-state index contributed by atoms with van der Waals surface area (Å²) in [5, 5.41) is 2.95. The van der Waals surface area contributed by atoms with Crippen molar-refractivity contribution in [3.8, 4) is 11.8 Å². The summed E-state index contributed by atoms with van der Waals surface area (Å²) in [5.41, 5.74) is 0. The quantitative estimate of drug-likeness (QED) is 0.759. The predicted octanol–water partition coefficient (Wildman–Crippen LogP) is 1.55. The molecule has 0 aliphatic rings. The third-order valence-electron chi connectivity index (χ3n) is 1.19. The predicted molar refractivity (Wildman–Crippen MR) is 52.9 cm³/mol. The molecule has 0 aliphatic carbocycles. The molecule has 1 rings (SSSR count). The lowest BCUT2D eigenvalue weighted by Gasteiger charge is -1.94. The van der Waals surface area contributed by atoms with Crippen molar-refractivity contribution in [1.29, 1.82) is 0 Å². The summed E-state index contributed by atoms with van der Waals surface area (Å²) < 4.78 is 0.506. The fourth-order valence-corrected chi connectivity index (χ4v) is 1.48. The van der Waals surface area contributed by atoms with E-state index in [1.165, 1.54) is 6.20 Å². The molecule has 0 saturated carbocycles. The summed E-state index contributed by atoms with van der Waals surface area (Å²) >= 11 is 6.76. The van der Waals surface area contributed by atoms with E-state index in [1.807, 2.05) is 0 Å². The van der Waals surface area contributed by atoms with Gasteiger partial charge in [-0.25, -0.2) is 4.98 Å². The van der Waals surface area contributed by atoms with Gasteiger partial charge in [0, 0.05) is 0 Å². The minimum Gasteiger partial charge on any atom is -0.339 e. The van der Waals surface area contributed by atoms with Crippen molar-refractivity contribution >= 4 is 28.8 Å². The maximum atomic E-state index is 11.2. The van der Waals surface area contributed by atoms with Crippen molar-refractivity contribution in [2.45, 2.75) is 6.92 Å². The smallest absolute Gasteiger partial charge is 0.281 e. The van der Waals surface area contributed by atoms with Crippen LogP contribution in [0.4, 0.5) is 0 Å². The van der Waals surface area contributed by atoms with E-state index in [2.05, 4.69) is 22.1 Å². The Hall–Kier alpha value is -1.05. The van der Waals surface area contributed by atoms with Crippen LogP contribution >= 0.6 is 22.9 Å². The molecule has 1 N–H and O–H groups in total. The van der Waals surface area contributed by atoms with Crippen LogP contribution in [-0.2, 0) is 0 Å². The standard InChI is InChI=1S/C8H7ClN2OS/c1-2-3-4-10-7(12)8-11-5-6(9)13-8/h5H,4H2,1H3,(H,10,12). The van der Waals surface area contributed by atoms with E-state index < -0.39 is 0 Å². The zero-order valence-corrected chi connectivity index (χ0v) is 8.50. The van der Waals surface area contributed by atoms with Crippen LogP contribution in [-0.4, -0.2) is 17.4 Å². The number of hydrogen-bond acceptors (Lipinski definition) is 3. The monoisotopic (exact) mass is 214 g/mol. The molecule has 1 heterocycles. The van der Waals surface area contributed by atoms with Crippen LogP contribution in [0.15, 0.2) is 6.20 Å². The van der Waals surface area contributed by atoms with Gasteiger partial charge in [-0.05, 0) is 6.92 Å². The maximum absolute atomic E-state index is 11.2. The third-order valence-corrected chi connectivity index (χ3v) is 2.30. The normalized spacial score (nSPS) is 8.77. The number of carbonyl (C=O) groups excluding carboxylic acids is 1. The second-order valence-corrected chi connectivity index (χ2v) is 3.74. The van der Waals surface area contributed by atoms with Crippen molar-refractivity contribution in [1.82, 2.24) is 10.3 Å². The van der Waals surface area contributed by atoms with E-state index in [9.17, 15) is 4.79 Å². The van der Waals surface area contributed by atoms with Gasteiger partial charge in [0.15, 0.2) is 5.01 Å². The molecule has 68 valence electrons. The number of nitrogens with one attached hydrogen (secondary N) is 1. The number of carbonyl (C=O) groups is 1. The molecular formula is C8H7ClN2OS. The second kappa shape index (κ2) is 4.85. The Morgan fingerprint density at radius 1 is 1.85 bits per heavy atom. The fraction of sp³-hybridized carbons (Fsp3) is 0.250. The van der Waals surface area contributed by atoms with E-state index in [0.29, 0.717) is 15.9 Å². The molecule has 0 unspecified atom stereocenters. The number of hydrogen-bond donors (Lipinski definition) is 1. The van der Waals surface area contributed by atoms with Crippen LogP contribution in [0.2, 0.25) is 4.34 Å². The van der Waals surface area contributed by atoms with Gasteiger partial charge in [0.1, 0.15) is 4.34 Å². The largest absolute Gasteiger partial charge is 0.339 e. The molecule has 0 aliphatic heterocycles. The summed E-state index contributed by atoms with van der Waals surface area (Å²) in [5.74, 6) is 5.15. The molecule has 1 aromatic rings. The number of halogens is 1. The highest BCUT2D eigenvalue weighted by atomic mass is 35.5. The first-order chi connectivity index (χ1) is 6.24. The highest BCUT2D eigenvalue weighted by Gasteiger charge is 2.08. The zero-order valence-electron chi connectivity index (χ0n) is 6.93. The molecule has 0 radical (unpaired) electrons. The Morgan fingerprint density at radius 3 is 3.15 bits per heavy atom. The second-order valence-electron chi connectivity index (χ2n) is 2.08. The van der Waals surface area contributed by atoms with Crippen LogP contribution < -0.4 is 5.32 Å². The van der Waals surface area contributed by atoms with Gasteiger partial charge in [0.05, 0.1) is 12.7 Å². The molecule has 1 amide bonds. The van der Waals surface area contributed by atoms with Gasteiger partial charge in [-0.2, -0.15) is 0 Å². The molecule has 13 heavy (non-hydrogen) atoms. The molecule has 0 aromatic carbocycles. The van der Waals surface area contributed by atoms with Gasteiger partial charge in [-0.3, -0.25) is 4.79 Å². The van der Waals surface area contributed by atoms with E-state index in [1.54, 1.807) is 6.92 Å². The van der Waals surface area contributed by atoms with Crippen LogP contribution in [0.25, 0.3) is 0 Å². The highest BCUT2D eigenvalue weighted by Crippen LogP contribution is 2.17. The lowest BCUT2D eigenvalue weighted by molar-refractivity contribution is 0.0958. The average molecular weight is 215 g/mol. The lowest BCUT2D eigenvalue weighted by Crippen LogP contribution is -2.23.